The monoisotopic (exact) mass is 386 g/mol. The van der Waals surface area contributed by atoms with Gasteiger partial charge in [0.1, 0.15) is 13.2 Å². The van der Waals surface area contributed by atoms with Gasteiger partial charge in [0.2, 0.25) is 5.08 Å². The Bertz CT molecular complexity index is 452. The van der Waals surface area contributed by atoms with Crippen LogP contribution in [0.4, 0.5) is 0 Å². The highest BCUT2D eigenvalue weighted by Crippen LogP contribution is 2.65. The summed E-state index contributed by atoms with van der Waals surface area (Å²) in [5.74, 6) is -1.64. The van der Waals surface area contributed by atoms with Gasteiger partial charge < -0.3 is 43.9 Å². The van der Waals surface area contributed by atoms with Gasteiger partial charge in [0, 0.05) is 18.4 Å². The quantitative estimate of drug-likeness (QED) is 0.163. The van der Waals surface area contributed by atoms with Gasteiger partial charge in [0.25, 0.3) is 0 Å². The number of hydrogen-bond acceptors (Lipinski definition) is 11. The third-order valence-electron chi connectivity index (χ3n) is 2.70. The summed E-state index contributed by atoms with van der Waals surface area (Å²) >= 11 is 0. The second-order valence-corrected chi connectivity index (χ2v) is 8.58. The first-order valence-electron chi connectivity index (χ1n) is 6.47. The molecule has 0 spiro atoms. The van der Waals surface area contributed by atoms with E-state index in [1.54, 1.807) is 0 Å². The van der Waals surface area contributed by atoms with E-state index in [0.717, 1.165) is 0 Å². The van der Waals surface area contributed by atoms with Gasteiger partial charge in [0.05, 0.1) is 0 Å². The molecule has 0 aromatic rings. The highest BCUT2D eigenvalue weighted by atomic mass is 31.3. The Morgan fingerprint density at radius 2 is 1.50 bits per heavy atom. The Balaban J connectivity index is 4.28. The van der Waals surface area contributed by atoms with E-state index in [0.29, 0.717) is 0 Å². The van der Waals surface area contributed by atoms with Crippen LogP contribution in [0, 0.1) is 0 Å². The maximum atomic E-state index is 11.3. The lowest BCUT2D eigenvalue weighted by molar-refractivity contribution is -0.465. The molecule has 0 unspecified atom stereocenters. The van der Waals surface area contributed by atoms with E-state index in [1.165, 1.54) is 6.92 Å². The van der Waals surface area contributed by atoms with Gasteiger partial charge in [-0.15, -0.1) is 0 Å². The van der Waals surface area contributed by atoms with Gasteiger partial charge >= 0.3 is 11.9 Å². The first kappa shape index (κ1) is 23.3. The molecular weight excluding hydrogens is 370 g/mol. The number of hydrogen-bond donors (Lipinski definition) is 1. The summed E-state index contributed by atoms with van der Waals surface area (Å²) in [7, 11) is -12.3. The zero-order chi connectivity index (χ0) is 19.2. The van der Waals surface area contributed by atoms with Gasteiger partial charge in [-0.05, 0) is 13.3 Å². The maximum absolute atomic E-state index is 11.3. The van der Waals surface area contributed by atoms with Gasteiger partial charge in [-0.3, -0.25) is 4.79 Å². The predicted molar refractivity (Wildman–Crippen MR) is 69.4 cm³/mol. The lowest BCUT2D eigenvalue weighted by Crippen LogP contribution is -2.59. The molecule has 0 aliphatic rings. The third kappa shape index (κ3) is 7.02. The number of carbonyl (C=O) groups excluding carboxylic acids is 2. The molecule has 0 aliphatic carbocycles. The third-order valence-corrected chi connectivity index (χ3v) is 6.37. The molecule has 0 rings (SSSR count). The zero-order valence-electron chi connectivity index (χ0n) is 12.7. The van der Waals surface area contributed by atoms with Gasteiger partial charge in [-0.1, -0.05) is 22.5 Å². The van der Waals surface area contributed by atoms with Crippen molar-refractivity contribution in [2.24, 2.45) is 0 Å². The summed E-state index contributed by atoms with van der Waals surface area (Å²) in [6.45, 7) is 4.13. The van der Waals surface area contributed by atoms with Crippen molar-refractivity contribution in [3.05, 3.63) is 12.2 Å². The van der Waals surface area contributed by atoms with Crippen LogP contribution in [0.2, 0.25) is 0 Å². The molecular formula is C11H16O11P2-4. The average molecular weight is 386 g/mol. The fourth-order valence-corrected chi connectivity index (χ4v) is 3.44. The second kappa shape index (κ2) is 9.10. The normalized spacial score (nSPS) is 12.7. The molecule has 0 heterocycles. The van der Waals surface area contributed by atoms with E-state index in [4.69, 9.17) is 0 Å². The van der Waals surface area contributed by atoms with Crippen molar-refractivity contribution in [1.82, 2.24) is 0 Å². The molecule has 0 fully saturated rings. The Labute approximate surface area is 138 Å². The van der Waals surface area contributed by atoms with Crippen LogP contribution in [0.25, 0.3) is 0 Å². The van der Waals surface area contributed by atoms with E-state index >= 15 is 0 Å². The minimum Gasteiger partial charge on any atom is -0.683 e. The summed E-state index contributed by atoms with van der Waals surface area (Å²) in [5, 5.41) is 5.33. The Hall–Kier alpha value is -0.740. The summed E-state index contributed by atoms with van der Waals surface area (Å²) < 4.78 is 9.19. The highest BCUT2D eigenvalue weighted by Gasteiger charge is 2.44. The van der Waals surface area contributed by atoms with Crippen molar-refractivity contribution in [2.75, 3.05) is 13.2 Å². The Morgan fingerprint density at radius 1 is 1.04 bits per heavy atom. The van der Waals surface area contributed by atoms with Crippen molar-refractivity contribution in [3.63, 3.8) is 0 Å². The summed E-state index contributed by atoms with van der Waals surface area (Å²) in [6, 6.07) is 0. The molecule has 0 atom stereocenters. The van der Waals surface area contributed by atoms with E-state index in [2.05, 4.69) is 16.1 Å². The van der Waals surface area contributed by atoms with Crippen molar-refractivity contribution in [2.45, 2.75) is 31.3 Å². The van der Waals surface area contributed by atoms with Crippen molar-refractivity contribution in [1.29, 1.82) is 0 Å². The molecule has 0 aliphatic heterocycles. The molecule has 0 aromatic heterocycles. The van der Waals surface area contributed by atoms with Crippen LogP contribution in [0.1, 0.15) is 26.2 Å². The molecule has 11 nitrogen and oxygen atoms in total. The molecule has 140 valence electrons. The van der Waals surface area contributed by atoms with Crippen molar-refractivity contribution >= 4 is 27.8 Å². The van der Waals surface area contributed by atoms with Crippen LogP contribution in [0.5, 0.6) is 0 Å². The smallest absolute Gasteiger partial charge is 0.333 e. The second-order valence-electron chi connectivity index (χ2n) is 4.76. The summed E-state index contributed by atoms with van der Waals surface area (Å²) in [5.41, 5.74) is 0.139. The lowest BCUT2D eigenvalue weighted by Gasteiger charge is -2.63. The maximum Gasteiger partial charge on any atom is 0.333 e. The van der Waals surface area contributed by atoms with Crippen LogP contribution >= 0.6 is 15.9 Å². The molecule has 0 saturated heterocycles. The van der Waals surface area contributed by atoms with Gasteiger partial charge in [-0.25, -0.2) is 4.79 Å². The van der Waals surface area contributed by atoms with Crippen LogP contribution < -0.4 is 29.4 Å². The molecule has 0 saturated carbocycles. The molecule has 0 amide bonds. The number of carbonyl (C=O) groups is 2. The van der Waals surface area contributed by atoms with Crippen molar-refractivity contribution < 1.29 is 53.5 Å². The van der Waals surface area contributed by atoms with E-state index < -0.39 is 52.2 Å². The van der Waals surface area contributed by atoms with Crippen LogP contribution in [-0.2, 0) is 19.1 Å². The number of rotatable bonds is 10. The molecule has 0 radical (unpaired) electrons. The number of aliphatic hydroxyl groups is 1. The largest absolute Gasteiger partial charge is 0.683 e. The van der Waals surface area contributed by atoms with Gasteiger partial charge in [-0.2, -0.15) is 0 Å². The van der Waals surface area contributed by atoms with E-state index in [9.17, 15) is 44.1 Å². The SMILES string of the molecule is C=C(C)C(=O)OCCOC(=O)CCCC(O)([P+]([O-])([O-])[O-])[P+]([O-])([O-])[O-]. The summed E-state index contributed by atoms with van der Waals surface area (Å²) in [4.78, 5) is 87.0. The lowest BCUT2D eigenvalue weighted by atomic mass is 10.2. The molecule has 13 heteroatoms. The standard InChI is InChI=1S/C11H20O11P2/c1-8(2)10(13)22-7-6-21-9(12)4-3-5-11(14,23(15,16)17)24(18,19)20/h14H,1,3-7H2,2H3,(H2,15,16,17)(H2,18,19,20)/p-4. The topological polar surface area (TPSA) is 211 Å². The minimum atomic E-state index is -6.17. The van der Waals surface area contributed by atoms with Crippen molar-refractivity contribution in [3.8, 4) is 0 Å². The first-order valence-corrected chi connectivity index (χ1v) is 9.56. The molecule has 24 heavy (non-hydrogen) atoms. The fourth-order valence-electron chi connectivity index (χ4n) is 1.38. The van der Waals surface area contributed by atoms with Gasteiger partial charge in [0.15, 0.2) is 0 Å². The zero-order valence-corrected chi connectivity index (χ0v) is 14.5. The average Bonchev–Trinajstić information content (AvgIpc) is 2.40. The van der Waals surface area contributed by atoms with Crippen LogP contribution in [0.3, 0.4) is 0 Å². The molecule has 0 aromatic carbocycles. The fraction of sp³-hybridized carbons (Fsp3) is 0.636. The first-order chi connectivity index (χ1) is 10.7. The highest BCUT2D eigenvalue weighted by molar-refractivity contribution is 7.74. The summed E-state index contributed by atoms with van der Waals surface area (Å²) in [6.07, 6.45) is -2.44. The number of ether oxygens (including phenoxy) is 2. The Morgan fingerprint density at radius 3 is 1.92 bits per heavy atom. The molecule has 1 N–H and O–H groups in total. The molecule has 0 bridgehead atoms. The Kier molecular flexibility index (Phi) is 8.81. The minimum absolute atomic E-state index is 0.139. The number of esters is 2. The van der Waals surface area contributed by atoms with Crippen LogP contribution in [0.15, 0.2) is 12.2 Å². The van der Waals surface area contributed by atoms with Crippen LogP contribution in [-0.4, -0.2) is 35.3 Å². The predicted octanol–water partition coefficient (Wildman–Crippen LogP) is -4.85. The van der Waals surface area contributed by atoms with E-state index in [1.807, 2.05) is 0 Å². The van der Waals surface area contributed by atoms with E-state index in [-0.39, 0.29) is 18.8 Å².